The third-order valence-corrected chi connectivity index (χ3v) is 7.24. The average Bonchev–Trinajstić information content (AvgIpc) is 3.12. The molecule has 0 unspecified atom stereocenters. The molecule has 0 aromatic heterocycles. The summed E-state index contributed by atoms with van der Waals surface area (Å²) in [7, 11) is 0. The van der Waals surface area contributed by atoms with Gasteiger partial charge in [-0.3, -0.25) is 0 Å². The topological polar surface area (TPSA) is 47.6 Å². The normalized spacial score (nSPS) is 13.0. The molecule has 2 heteroatoms. The van der Waals surface area contributed by atoms with E-state index >= 15 is 0 Å². The van der Waals surface area contributed by atoms with Gasteiger partial charge < -0.3 is 0 Å². The van der Waals surface area contributed by atoms with Crippen molar-refractivity contribution in [3.63, 3.8) is 0 Å². The predicted molar refractivity (Wildman–Crippen MR) is 139 cm³/mol. The molecule has 0 aliphatic heterocycles. The number of allylic oxidation sites excluding steroid dienone is 2. The molecule has 0 heterocycles. The van der Waals surface area contributed by atoms with E-state index in [1.54, 1.807) is 0 Å². The fraction of sp³-hybridized carbons (Fsp3) is 0.419. The van der Waals surface area contributed by atoms with Crippen LogP contribution in [0.5, 0.6) is 0 Å². The molecule has 0 fully saturated rings. The lowest BCUT2D eigenvalue weighted by molar-refractivity contribution is 0.401. The Balaban J connectivity index is 2.18. The minimum absolute atomic E-state index is 0.0936. The zero-order valence-corrected chi connectivity index (χ0v) is 20.3. The number of unbranched alkanes of at least 4 members (excludes halogenated alkanes) is 6. The molecule has 2 aromatic rings. The van der Waals surface area contributed by atoms with Gasteiger partial charge in [0.2, 0.25) is 0 Å². The van der Waals surface area contributed by atoms with Gasteiger partial charge in [0.1, 0.15) is 0 Å². The first-order valence-electron chi connectivity index (χ1n) is 12.5. The van der Waals surface area contributed by atoms with E-state index in [1.165, 1.54) is 73.6 Å². The van der Waals surface area contributed by atoms with Gasteiger partial charge in [-0.25, -0.2) is 0 Å². The molecule has 0 N–H and O–H groups in total. The maximum Gasteiger partial charge on any atom is 0.0991 e. The number of fused-ring (bicyclic) bond motifs is 3. The Labute approximate surface area is 200 Å². The fourth-order valence-electron chi connectivity index (χ4n) is 5.37. The van der Waals surface area contributed by atoms with Gasteiger partial charge in [0.15, 0.2) is 0 Å². The van der Waals surface area contributed by atoms with Crippen LogP contribution in [0, 0.1) is 22.7 Å². The van der Waals surface area contributed by atoms with Crippen LogP contribution in [0.2, 0.25) is 0 Å². The largest absolute Gasteiger partial charge is 0.192 e. The van der Waals surface area contributed by atoms with Crippen molar-refractivity contribution >= 4 is 11.1 Å². The number of nitrogens with zero attached hydrogens (tertiary/aromatic N) is 2. The summed E-state index contributed by atoms with van der Waals surface area (Å²) < 4.78 is 0. The first-order chi connectivity index (χ1) is 16.0. The molecule has 33 heavy (non-hydrogen) atoms. The molecule has 0 radical (unpaired) electrons. The SMILES string of the molecule is C=C(C#N)c1ccc2c(c1)C(CCCCCC)(CCCCCC)c1cc(C(=C)C#N)ccc1-2. The summed E-state index contributed by atoms with van der Waals surface area (Å²) in [5.41, 5.74) is 7.95. The summed E-state index contributed by atoms with van der Waals surface area (Å²) in [4.78, 5) is 0. The molecular formula is C31H36N2. The van der Waals surface area contributed by atoms with Crippen LogP contribution in [0.15, 0.2) is 49.6 Å². The maximum absolute atomic E-state index is 9.48. The lowest BCUT2D eigenvalue weighted by atomic mass is 9.70. The molecule has 0 bridgehead atoms. The minimum Gasteiger partial charge on any atom is -0.192 e. The molecule has 0 spiro atoms. The van der Waals surface area contributed by atoms with E-state index in [0.29, 0.717) is 11.1 Å². The Bertz CT molecular complexity index is 1020. The van der Waals surface area contributed by atoms with Crippen LogP contribution < -0.4 is 0 Å². The van der Waals surface area contributed by atoms with Crippen molar-refractivity contribution in [3.8, 4) is 23.3 Å². The van der Waals surface area contributed by atoms with Crippen molar-refractivity contribution in [2.45, 2.75) is 83.5 Å². The Kier molecular flexibility index (Phi) is 8.30. The monoisotopic (exact) mass is 436 g/mol. The molecule has 1 aliphatic rings. The summed E-state index contributed by atoms with van der Waals surface area (Å²) in [6.45, 7) is 12.5. The third kappa shape index (κ3) is 4.96. The summed E-state index contributed by atoms with van der Waals surface area (Å²) in [6.07, 6.45) is 11.9. The number of hydrogen-bond acceptors (Lipinski definition) is 2. The van der Waals surface area contributed by atoms with Crippen LogP contribution in [0.25, 0.3) is 22.3 Å². The number of rotatable bonds is 12. The van der Waals surface area contributed by atoms with Crippen molar-refractivity contribution in [3.05, 3.63) is 71.8 Å². The van der Waals surface area contributed by atoms with E-state index in [-0.39, 0.29) is 5.41 Å². The van der Waals surface area contributed by atoms with Crippen molar-refractivity contribution in [1.29, 1.82) is 10.5 Å². The number of nitriles is 2. The summed E-state index contributed by atoms with van der Waals surface area (Å²) in [6, 6.07) is 17.3. The second-order valence-electron chi connectivity index (χ2n) is 9.40. The van der Waals surface area contributed by atoms with E-state index < -0.39 is 0 Å². The van der Waals surface area contributed by atoms with Gasteiger partial charge in [-0.15, -0.1) is 0 Å². The van der Waals surface area contributed by atoms with Crippen LogP contribution in [0.3, 0.4) is 0 Å². The maximum atomic E-state index is 9.48. The van der Waals surface area contributed by atoms with Gasteiger partial charge in [-0.05, 0) is 58.4 Å². The molecule has 0 amide bonds. The summed E-state index contributed by atoms with van der Waals surface area (Å²) in [5.74, 6) is 0. The van der Waals surface area contributed by atoms with E-state index in [9.17, 15) is 10.5 Å². The van der Waals surface area contributed by atoms with Crippen molar-refractivity contribution < 1.29 is 0 Å². The average molecular weight is 437 g/mol. The molecule has 3 rings (SSSR count). The minimum atomic E-state index is -0.0936. The lowest BCUT2D eigenvalue weighted by Gasteiger charge is -2.33. The van der Waals surface area contributed by atoms with Gasteiger partial charge >= 0.3 is 0 Å². The van der Waals surface area contributed by atoms with Crippen LogP contribution in [0.4, 0.5) is 0 Å². The van der Waals surface area contributed by atoms with Gasteiger partial charge in [-0.2, -0.15) is 10.5 Å². The van der Waals surface area contributed by atoms with Crippen molar-refractivity contribution in [2.75, 3.05) is 0 Å². The molecule has 2 nitrogen and oxygen atoms in total. The highest BCUT2D eigenvalue weighted by Gasteiger charge is 2.42. The van der Waals surface area contributed by atoms with Gasteiger partial charge in [0.25, 0.3) is 0 Å². The van der Waals surface area contributed by atoms with Gasteiger partial charge in [0.05, 0.1) is 23.3 Å². The van der Waals surface area contributed by atoms with Gasteiger partial charge in [-0.1, -0.05) is 103 Å². The van der Waals surface area contributed by atoms with Gasteiger partial charge in [0, 0.05) is 5.41 Å². The molecule has 1 aliphatic carbocycles. The molecular weight excluding hydrogens is 400 g/mol. The highest BCUT2D eigenvalue weighted by Crippen LogP contribution is 2.55. The van der Waals surface area contributed by atoms with Crippen molar-refractivity contribution in [2.24, 2.45) is 0 Å². The van der Waals surface area contributed by atoms with Crippen LogP contribution in [-0.4, -0.2) is 0 Å². The molecule has 0 saturated heterocycles. The Morgan fingerprint density at radius 3 is 1.48 bits per heavy atom. The first kappa shape index (κ1) is 24.5. The van der Waals surface area contributed by atoms with E-state index in [4.69, 9.17) is 0 Å². The molecule has 0 saturated carbocycles. The molecule has 170 valence electrons. The van der Waals surface area contributed by atoms with Crippen molar-refractivity contribution in [1.82, 2.24) is 0 Å². The third-order valence-electron chi connectivity index (χ3n) is 7.24. The highest BCUT2D eigenvalue weighted by molar-refractivity contribution is 5.87. The fourth-order valence-corrected chi connectivity index (χ4v) is 5.37. The Morgan fingerprint density at radius 1 is 0.697 bits per heavy atom. The Morgan fingerprint density at radius 2 is 1.12 bits per heavy atom. The number of hydrogen-bond donors (Lipinski definition) is 0. The predicted octanol–water partition coefficient (Wildman–Crippen LogP) is 8.97. The van der Waals surface area contributed by atoms with E-state index in [0.717, 1.165) is 24.0 Å². The first-order valence-corrected chi connectivity index (χ1v) is 12.5. The zero-order chi connectivity index (χ0) is 23.8. The van der Waals surface area contributed by atoms with Crippen LogP contribution in [-0.2, 0) is 5.41 Å². The standard InChI is InChI=1S/C31H36N2/c1-5-7-9-11-17-31(18-12-10-8-6-2)29-19-25(23(3)21-32)13-15-27(29)28-16-14-26(20-30(28)31)24(4)22-33/h13-16,19-20H,3-12,17-18H2,1-2H3. The van der Waals surface area contributed by atoms with Crippen LogP contribution in [0.1, 0.15) is 100 Å². The second-order valence-corrected chi connectivity index (χ2v) is 9.40. The summed E-state index contributed by atoms with van der Waals surface area (Å²) >= 11 is 0. The Hall–Kier alpha value is -3.10. The van der Waals surface area contributed by atoms with Crippen LogP contribution >= 0.6 is 0 Å². The van der Waals surface area contributed by atoms with E-state index in [1.807, 2.05) is 12.1 Å². The highest BCUT2D eigenvalue weighted by atomic mass is 14.5. The number of benzene rings is 2. The molecule has 0 atom stereocenters. The smallest absolute Gasteiger partial charge is 0.0991 e. The van der Waals surface area contributed by atoms with E-state index in [2.05, 4.69) is 63.4 Å². The quantitative estimate of drug-likeness (QED) is 0.246. The lowest BCUT2D eigenvalue weighted by Crippen LogP contribution is -2.26. The second kappa shape index (κ2) is 11.2. The molecule has 2 aromatic carbocycles. The summed E-state index contributed by atoms with van der Waals surface area (Å²) in [5, 5.41) is 19.0. The zero-order valence-electron chi connectivity index (χ0n) is 20.3.